The Labute approximate surface area is 158 Å². The lowest BCUT2D eigenvalue weighted by Crippen LogP contribution is -2.48. The predicted octanol–water partition coefficient (Wildman–Crippen LogP) is 3.19. The molecule has 0 heterocycles. The van der Waals surface area contributed by atoms with E-state index in [4.69, 9.17) is 16.3 Å². The van der Waals surface area contributed by atoms with Gasteiger partial charge in [-0.15, -0.1) is 0 Å². The Hall–Kier alpha value is -2.53. The largest absolute Gasteiger partial charge is 0.484 e. The molecule has 0 aliphatic rings. The minimum atomic E-state index is -0.649. The Morgan fingerprint density at radius 1 is 1.15 bits per heavy atom. The SMILES string of the molecule is CNC(=O)[C@H](C)N(Cc1ccccc1Cl)C(=O)COc1ccccc1C. The van der Waals surface area contributed by atoms with E-state index in [2.05, 4.69) is 5.32 Å². The molecule has 0 aliphatic heterocycles. The summed E-state index contributed by atoms with van der Waals surface area (Å²) >= 11 is 6.22. The minimum absolute atomic E-state index is 0.156. The summed E-state index contributed by atoms with van der Waals surface area (Å²) in [6.07, 6.45) is 0. The van der Waals surface area contributed by atoms with Crippen LogP contribution in [0.4, 0.5) is 0 Å². The first kappa shape index (κ1) is 19.8. The van der Waals surface area contributed by atoms with E-state index < -0.39 is 6.04 Å². The third kappa shape index (κ3) is 4.99. The number of halogens is 1. The van der Waals surface area contributed by atoms with Gasteiger partial charge in [-0.25, -0.2) is 0 Å². The Bertz CT molecular complexity index is 779. The molecule has 2 rings (SSSR count). The number of carbonyl (C=O) groups is 2. The summed E-state index contributed by atoms with van der Waals surface area (Å²) in [5.41, 5.74) is 1.71. The van der Waals surface area contributed by atoms with E-state index >= 15 is 0 Å². The van der Waals surface area contributed by atoms with E-state index in [-0.39, 0.29) is 25.0 Å². The van der Waals surface area contributed by atoms with E-state index in [0.29, 0.717) is 10.8 Å². The molecule has 0 spiro atoms. The zero-order valence-corrected chi connectivity index (χ0v) is 15.9. The molecule has 2 aromatic carbocycles. The summed E-state index contributed by atoms with van der Waals surface area (Å²) in [6, 6.07) is 14.1. The van der Waals surface area contributed by atoms with Crippen molar-refractivity contribution in [3.8, 4) is 5.75 Å². The van der Waals surface area contributed by atoms with Gasteiger partial charge in [0.2, 0.25) is 5.91 Å². The quantitative estimate of drug-likeness (QED) is 0.809. The van der Waals surface area contributed by atoms with Crippen molar-refractivity contribution < 1.29 is 14.3 Å². The molecule has 0 saturated carbocycles. The van der Waals surface area contributed by atoms with E-state index in [1.807, 2.05) is 49.4 Å². The monoisotopic (exact) mass is 374 g/mol. The molecular weight excluding hydrogens is 352 g/mol. The molecule has 0 unspecified atom stereocenters. The average molecular weight is 375 g/mol. The molecule has 2 aromatic rings. The third-order valence-electron chi connectivity index (χ3n) is 4.16. The van der Waals surface area contributed by atoms with E-state index in [1.54, 1.807) is 20.0 Å². The highest BCUT2D eigenvalue weighted by molar-refractivity contribution is 6.31. The van der Waals surface area contributed by atoms with E-state index in [0.717, 1.165) is 11.1 Å². The zero-order valence-electron chi connectivity index (χ0n) is 15.2. The Balaban J connectivity index is 2.17. The second kappa shape index (κ2) is 9.25. The number of amides is 2. The standard InChI is InChI=1S/C20H23ClN2O3/c1-14-8-4-7-11-18(14)26-13-19(24)23(15(2)20(25)22-3)12-16-9-5-6-10-17(16)21/h4-11,15H,12-13H2,1-3H3,(H,22,25)/t15-/m0/s1. The van der Waals surface area contributed by atoms with Crippen LogP contribution in [0.5, 0.6) is 5.75 Å². The number of nitrogens with zero attached hydrogens (tertiary/aromatic N) is 1. The normalized spacial score (nSPS) is 11.5. The third-order valence-corrected chi connectivity index (χ3v) is 4.53. The summed E-state index contributed by atoms with van der Waals surface area (Å²) in [5.74, 6) is 0.108. The zero-order chi connectivity index (χ0) is 19.1. The molecular formula is C20H23ClN2O3. The van der Waals surface area contributed by atoms with Crippen LogP contribution in [-0.2, 0) is 16.1 Å². The van der Waals surface area contributed by atoms with Crippen molar-refractivity contribution in [1.82, 2.24) is 10.2 Å². The molecule has 26 heavy (non-hydrogen) atoms. The highest BCUT2D eigenvalue weighted by Gasteiger charge is 2.26. The Morgan fingerprint density at radius 3 is 2.46 bits per heavy atom. The fourth-order valence-electron chi connectivity index (χ4n) is 2.54. The van der Waals surface area contributed by atoms with Gasteiger partial charge in [-0.1, -0.05) is 48.0 Å². The van der Waals surface area contributed by atoms with Gasteiger partial charge in [-0.2, -0.15) is 0 Å². The molecule has 138 valence electrons. The van der Waals surface area contributed by atoms with Crippen molar-refractivity contribution in [2.24, 2.45) is 0 Å². The van der Waals surface area contributed by atoms with Crippen LogP contribution >= 0.6 is 11.6 Å². The van der Waals surface area contributed by atoms with Gasteiger partial charge < -0.3 is 15.0 Å². The molecule has 0 bridgehead atoms. The summed E-state index contributed by atoms with van der Waals surface area (Å²) in [6.45, 7) is 3.66. The van der Waals surface area contributed by atoms with Crippen LogP contribution in [0, 0.1) is 6.92 Å². The first-order valence-corrected chi connectivity index (χ1v) is 8.74. The molecule has 1 atom stereocenters. The number of ether oxygens (including phenoxy) is 1. The van der Waals surface area contributed by atoms with Crippen LogP contribution in [0.25, 0.3) is 0 Å². The van der Waals surface area contributed by atoms with Gasteiger partial charge in [-0.3, -0.25) is 9.59 Å². The van der Waals surface area contributed by atoms with Crippen LogP contribution in [0.2, 0.25) is 5.02 Å². The molecule has 0 radical (unpaired) electrons. The smallest absolute Gasteiger partial charge is 0.261 e. The molecule has 0 saturated heterocycles. The maximum atomic E-state index is 12.8. The van der Waals surface area contributed by atoms with Crippen molar-refractivity contribution in [1.29, 1.82) is 0 Å². The topological polar surface area (TPSA) is 58.6 Å². The van der Waals surface area contributed by atoms with Crippen molar-refractivity contribution in [3.63, 3.8) is 0 Å². The lowest BCUT2D eigenvalue weighted by Gasteiger charge is -2.28. The highest BCUT2D eigenvalue weighted by atomic mass is 35.5. The van der Waals surface area contributed by atoms with Gasteiger partial charge in [0.05, 0.1) is 0 Å². The van der Waals surface area contributed by atoms with Gasteiger partial charge in [0.15, 0.2) is 6.61 Å². The van der Waals surface area contributed by atoms with Crippen LogP contribution in [0.15, 0.2) is 48.5 Å². The second-order valence-electron chi connectivity index (χ2n) is 5.96. The van der Waals surface area contributed by atoms with Gasteiger partial charge in [0.25, 0.3) is 5.91 Å². The summed E-state index contributed by atoms with van der Waals surface area (Å²) < 4.78 is 5.66. The number of hydrogen-bond acceptors (Lipinski definition) is 3. The van der Waals surface area contributed by atoms with Gasteiger partial charge in [0, 0.05) is 18.6 Å². The fraction of sp³-hybridized carbons (Fsp3) is 0.300. The Kier molecular flexibility index (Phi) is 7.04. The molecule has 0 aliphatic carbocycles. The van der Waals surface area contributed by atoms with Gasteiger partial charge in [-0.05, 0) is 37.1 Å². The highest BCUT2D eigenvalue weighted by Crippen LogP contribution is 2.20. The second-order valence-corrected chi connectivity index (χ2v) is 6.36. The lowest BCUT2D eigenvalue weighted by molar-refractivity contribution is -0.142. The van der Waals surface area contributed by atoms with E-state index in [1.165, 1.54) is 4.90 Å². The van der Waals surface area contributed by atoms with Crippen LogP contribution in [0.1, 0.15) is 18.1 Å². The lowest BCUT2D eigenvalue weighted by atomic mass is 10.1. The molecule has 2 amide bonds. The molecule has 0 aromatic heterocycles. The number of aryl methyl sites for hydroxylation is 1. The first-order chi connectivity index (χ1) is 12.4. The molecule has 1 N–H and O–H groups in total. The molecule has 0 fully saturated rings. The maximum Gasteiger partial charge on any atom is 0.261 e. The number of benzene rings is 2. The average Bonchev–Trinajstić information content (AvgIpc) is 2.65. The summed E-state index contributed by atoms with van der Waals surface area (Å²) in [7, 11) is 1.54. The van der Waals surface area contributed by atoms with Crippen molar-refractivity contribution in [3.05, 3.63) is 64.7 Å². The van der Waals surface area contributed by atoms with Gasteiger partial charge >= 0.3 is 0 Å². The van der Waals surface area contributed by atoms with Crippen LogP contribution in [0.3, 0.4) is 0 Å². The van der Waals surface area contributed by atoms with Crippen molar-refractivity contribution >= 4 is 23.4 Å². The number of nitrogens with one attached hydrogen (secondary N) is 1. The minimum Gasteiger partial charge on any atom is -0.484 e. The number of likely N-dealkylation sites (N-methyl/N-ethyl adjacent to an activating group) is 1. The number of rotatable bonds is 7. The first-order valence-electron chi connectivity index (χ1n) is 8.37. The molecule has 6 heteroatoms. The van der Waals surface area contributed by atoms with Crippen molar-refractivity contribution in [2.75, 3.05) is 13.7 Å². The number of hydrogen-bond donors (Lipinski definition) is 1. The van der Waals surface area contributed by atoms with Gasteiger partial charge in [0.1, 0.15) is 11.8 Å². The van der Waals surface area contributed by atoms with Crippen LogP contribution < -0.4 is 10.1 Å². The predicted molar refractivity (Wildman–Crippen MR) is 102 cm³/mol. The fourth-order valence-corrected chi connectivity index (χ4v) is 2.74. The number of carbonyl (C=O) groups excluding carboxylic acids is 2. The summed E-state index contributed by atoms with van der Waals surface area (Å²) in [5, 5.41) is 3.13. The van der Waals surface area contributed by atoms with Crippen molar-refractivity contribution in [2.45, 2.75) is 26.4 Å². The molecule has 5 nitrogen and oxygen atoms in total. The van der Waals surface area contributed by atoms with Crippen LogP contribution in [-0.4, -0.2) is 36.4 Å². The van der Waals surface area contributed by atoms with E-state index in [9.17, 15) is 9.59 Å². The number of para-hydroxylation sites is 1. The summed E-state index contributed by atoms with van der Waals surface area (Å²) in [4.78, 5) is 26.3. The Morgan fingerprint density at radius 2 is 1.81 bits per heavy atom. The maximum absolute atomic E-state index is 12.8.